The lowest BCUT2D eigenvalue weighted by Gasteiger charge is -2.42. The summed E-state index contributed by atoms with van der Waals surface area (Å²) in [6.07, 6.45) is 3.93. The van der Waals surface area contributed by atoms with E-state index in [1.807, 2.05) is 29.6 Å². The fourth-order valence-electron chi connectivity index (χ4n) is 5.53. The van der Waals surface area contributed by atoms with E-state index in [0.717, 1.165) is 42.2 Å². The maximum absolute atomic E-state index is 6.31. The predicted octanol–water partition coefficient (Wildman–Crippen LogP) is 6.97. The normalized spacial score (nSPS) is 18.7. The van der Waals surface area contributed by atoms with Crippen molar-refractivity contribution in [3.63, 3.8) is 0 Å². The van der Waals surface area contributed by atoms with Crippen LogP contribution < -0.4 is 0 Å². The molecular formula is C29H34ClN5. The Balaban J connectivity index is 1.50. The number of rotatable bonds is 6. The molecule has 5 rings (SSSR count). The second-order valence-electron chi connectivity index (χ2n) is 10.3. The van der Waals surface area contributed by atoms with Gasteiger partial charge in [-0.05, 0) is 79.1 Å². The third-order valence-corrected chi connectivity index (χ3v) is 7.84. The van der Waals surface area contributed by atoms with E-state index in [2.05, 4.69) is 77.1 Å². The van der Waals surface area contributed by atoms with Gasteiger partial charge >= 0.3 is 0 Å². The van der Waals surface area contributed by atoms with E-state index in [4.69, 9.17) is 11.6 Å². The van der Waals surface area contributed by atoms with Crippen molar-refractivity contribution >= 4 is 17.4 Å². The van der Waals surface area contributed by atoms with E-state index >= 15 is 0 Å². The SMILES string of the molecule is Cc1cc(C2CCCN(C(c3cccc(-c4cccc(Cl)c4)c3)C(C)C(C)C)C2)n2ncnc2n1. The van der Waals surface area contributed by atoms with Gasteiger partial charge in [0.25, 0.3) is 5.78 Å². The summed E-state index contributed by atoms with van der Waals surface area (Å²) < 4.78 is 1.93. The van der Waals surface area contributed by atoms with E-state index < -0.39 is 0 Å². The van der Waals surface area contributed by atoms with Crippen LogP contribution in [0, 0.1) is 18.8 Å². The number of likely N-dealkylation sites (tertiary alicyclic amines) is 1. The summed E-state index contributed by atoms with van der Waals surface area (Å²) in [6, 6.07) is 19.7. The Morgan fingerprint density at radius 1 is 1.00 bits per heavy atom. The maximum Gasteiger partial charge on any atom is 0.252 e. The summed E-state index contributed by atoms with van der Waals surface area (Å²) >= 11 is 6.31. The molecule has 0 saturated carbocycles. The van der Waals surface area contributed by atoms with Crippen molar-refractivity contribution in [2.75, 3.05) is 13.1 Å². The smallest absolute Gasteiger partial charge is 0.252 e. The van der Waals surface area contributed by atoms with E-state index in [-0.39, 0.29) is 0 Å². The average Bonchev–Trinajstić information content (AvgIpc) is 3.32. The molecule has 0 N–H and O–H groups in total. The number of nitrogens with zero attached hydrogens (tertiary/aromatic N) is 5. The number of benzene rings is 2. The molecule has 1 fully saturated rings. The summed E-state index contributed by atoms with van der Waals surface area (Å²) in [7, 11) is 0. The van der Waals surface area contributed by atoms with Crippen LogP contribution in [0.3, 0.4) is 0 Å². The van der Waals surface area contributed by atoms with Gasteiger partial charge in [-0.15, -0.1) is 0 Å². The molecule has 1 aliphatic heterocycles. The Kier molecular flexibility index (Phi) is 6.90. The lowest BCUT2D eigenvalue weighted by molar-refractivity contribution is 0.0913. The second kappa shape index (κ2) is 10.1. The topological polar surface area (TPSA) is 46.3 Å². The van der Waals surface area contributed by atoms with Crippen LogP contribution in [0.4, 0.5) is 0 Å². The zero-order chi connectivity index (χ0) is 24.5. The first-order chi connectivity index (χ1) is 16.9. The van der Waals surface area contributed by atoms with Crippen LogP contribution in [0.5, 0.6) is 0 Å². The lowest BCUT2D eigenvalue weighted by Crippen LogP contribution is -2.41. The molecule has 6 heteroatoms. The first-order valence-corrected chi connectivity index (χ1v) is 13.1. The summed E-state index contributed by atoms with van der Waals surface area (Å²) in [5.74, 6) is 2.17. The molecule has 4 aromatic rings. The Hall–Kier alpha value is -2.76. The van der Waals surface area contributed by atoms with Gasteiger partial charge in [0.2, 0.25) is 0 Å². The first kappa shape index (κ1) is 24.0. The molecule has 0 amide bonds. The quantitative estimate of drug-likeness (QED) is 0.294. The van der Waals surface area contributed by atoms with Crippen LogP contribution in [0.1, 0.15) is 62.5 Å². The Morgan fingerprint density at radius 3 is 2.54 bits per heavy atom. The van der Waals surface area contributed by atoms with Gasteiger partial charge in [-0.25, -0.2) is 9.50 Å². The summed E-state index contributed by atoms with van der Waals surface area (Å²) in [6.45, 7) is 11.2. The van der Waals surface area contributed by atoms with E-state index in [9.17, 15) is 0 Å². The lowest BCUT2D eigenvalue weighted by atomic mass is 9.82. The third-order valence-electron chi connectivity index (χ3n) is 7.61. The van der Waals surface area contributed by atoms with Gasteiger partial charge in [0.1, 0.15) is 6.33 Å². The molecule has 182 valence electrons. The van der Waals surface area contributed by atoms with Gasteiger partial charge in [0.05, 0.1) is 5.69 Å². The zero-order valence-corrected chi connectivity index (χ0v) is 21.8. The second-order valence-corrected chi connectivity index (χ2v) is 10.7. The number of aryl methyl sites for hydroxylation is 1. The van der Waals surface area contributed by atoms with Crippen molar-refractivity contribution in [3.05, 3.63) is 82.9 Å². The molecule has 3 atom stereocenters. The minimum Gasteiger partial charge on any atom is -0.295 e. The number of fused-ring (bicyclic) bond motifs is 1. The molecule has 5 nitrogen and oxygen atoms in total. The molecular weight excluding hydrogens is 454 g/mol. The summed E-state index contributed by atoms with van der Waals surface area (Å²) in [5, 5.41) is 5.26. The maximum atomic E-state index is 6.31. The van der Waals surface area contributed by atoms with Crippen LogP contribution in [-0.2, 0) is 0 Å². The first-order valence-electron chi connectivity index (χ1n) is 12.7. The molecule has 0 aliphatic carbocycles. The Morgan fingerprint density at radius 2 is 1.77 bits per heavy atom. The number of halogens is 1. The van der Waals surface area contributed by atoms with Crippen LogP contribution in [-0.4, -0.2) is 37.6 Å². The Bertz CT molecular complexity index is 1310. The fraction of sp³-hybridized carbons (Fsp3) is 0.414. The highest BCUT2D eigenvalue weighted by molar-refractivity contribution is 6.30. The minimum absolute atomic E-state index is 0.339. The minimum atomic E-state index is 0.339. The summed E-state index contributed by atoms with van der Waals surface area (Å²) in [4.78, 5) is 11.6. The van der Waals surface area contributed by atoms with Gasteiger partial charge in [0.15, 0.2) is 0 Å². The molecule has 0 spiro atoms. The van der Waals surface area contributed by atoms with Gasteiger partial charge in [0, 0.05) is 29.2 Å². The van der Waals surface area contributed by atoms with Crippen molar-refractivity contribution in [3.8, 4) is 11.1 Å². The Labute approximate surface area is 213 Å². The number of piperidine rings is 1. The molecule has 0 bridgehead atoms. The van der Waals surface area contributed by atoms with Gasteiger partial charge in [-0.3, -0.25) is 4.90 Å². The van der Waals surface area contributed by atoms with Crippen molar-refractivity contribution in [2.24, 2.45) is 11.8 Å². The van der Waals surface area contributed by atoms with Crippen LogP contribution in [0.25, 0.3) is 16.9 Å². The molecule has 1 saturated heterocycles. The average molecular weight is 488 g/mol. The fourth-order valence-corrected chi connectivity index (χ4v) is 5.72. The third kappa shape index (κ3) is 4.98. The standard InChI is InChI=1S/C29H34ClN5/c1-19(2)21(4)28(24-10-5-8-22(15-24)23-9-6-12-26(30)16-23)34-13-7-11-25(17-34)27-14-20(3)33-29-31-18-32-35(27)29/h5-6,8-10,12,14-16,18-19,21,25,28H,7,11,13,17H2,1-4H3. The van der Waals surface area contributed by atoms with E-state index in [0.29, 0.717) is 29.6 Å². The molecule has 0 radical (unpaired) electrons. The highest BCUT2D eigenvalue weighted by Gasteiger charge is 2.33. The van der Waals surface area contributed by atoms with E-state index in [1.54, 1.807) is 6.33 Å². The molecule has 3 heterocycles. The van der Waals surface area contributed by atoms with Crippen molar-refractivity contribution < 1.29 is 0 Å². The van der Waals surface area contributed by atoms with Crippen molar-refractivity contribution in [1.82, 2.24) is 24.5 Å². The molecule has 3 unspecified atom stereocenters. The van der Waals surface area contributed by atoms with Crippen molar-refractivity contribution in [2.45, 2.75) is 52.5 Å². The van der Waals surface area contributed by atoms with Crippen molar-refractivity contribution in [1.29, 1.82) is 0 Å². The predicted molar refractivity (Wildman–Crippen MR) is 143 cm³/mol. The van der Waals surface area contributed by atoms with Gasteiger partial charge in [-0.1, -0.05) is 62.7 Å². The molecule has 35 heavy (non-hydrogen) atoms. The van der Waals surface area contributed by atoms with Crippen LogP contribution in [0.15, 0.2) is 60.9 Å². The molecule has 2 aromatic heterocycles. The monoisotopic (exact) mass is 487 g/mol. The zero-order valence-electron chi connectivity index (χ0n) is 21.0. The van der Waals surface area contributed by atoms with E-state index in [1.165, 1.54) is 16.8 Å². The number of aromatic nitrogens is 4. The largest absolute Gasteiger partial charge is 0.295 e. The molecule has 2 aromatic carbocycles. The molecule has 1 aliphatic rings. The van der Waals surface area contributed by atoms with Gasteiger partial charge in [-0.2, -0.15) is 10.1 Å². The number of hydrogen-bond donors (Lipinski definition) is 0. The van der Waals surface area contributed by atoms with Crippen LogP contribution >= 0.6 is 11.6 Å². The van der Waals surface area contributed by atoms with Crippen LogP contribution in [0.2, 0.25) is 5.02 Å². The highest BCUT2D eigenvalue weighted by atomic mass is 35.5. The number of hydrogen-bond acceptors (Lipinski definition) is 4. The van der Waals surface area contributed by atoms with Gasteiger partial charge < -0.3 is 0 Å². The highest BCUT2D eigenvalue weighted by Crippen LogP contribution is 2.39. The summed E-state index contributed by atoms with van der Waals surface area (Å²) in [5.41, 5.74) is 5.97.